The van der Waals surface area contributed by atoms with E-state index in [4.69, 9.17) is 9.84 Å². The summed E-state index contributed by atoms with van der Waals surface area (Å²) in [5, 5.41) is 27.5. The van der Waals surface area contributed by atoms with Crippen molar-refractivity contribution in [2.75, 3.05) is 7.11 Å². The van der Waals surface area contributed by atoms with E-state index >= 15 is 0 Å². The number of aliphatic hydroxyl groups excluding tert-OH is 1. The molecule has 0 spiro atoms. The number of methoxy groups -OCH3 is 1. The lowest BCUT2D eigenvalue weighted by Crippen LogP contribution is -2.11. The van der Waals surface area contributed by atoms with Gasteiger partial charge in [0, 0.05) is 5.56 Å². The van der Waals surface area contributed by atoms with E-state index in [-0.39, 0.29) is 17.1 Å². The van der Waals surface area contributed by atoms with Crippen molar-refractivity contribution in [1.29, 1.82) is 0 Å². The van der Waals surface area contributed by atoms with Crippen LogP contribution in [0.15, 0.2) is 12.1 Å². The summed E-state index contributed by atoms with van der Waals surface area (Å²) in [7, 11) is 1.30. The van der Waals surface area contributed by atoms with Crippen LogP contribution in [0.3, 0.4) is 0 Å². The number of rotatable bonds is 3. The molecule has 0 bridgehead atoms. The van der Waals surface area contributed by atoms with Crippen molar-refractivity contribution < 1.29 is 24.9 Å². The second-order valence-corrected chi connectivity index (χ2v) is 3.09. The van der Waals surface area contributed by atoms with Crippen molar-refractivity contribution in [1.82, 2.24) is 0 Å². The number of ether oxygens (including phenoxy) is 1. The zero-order valence-corrected chi connectivity index (χ0v) is 8.39. The fraction of sp³-hybridized carbons (Fsp3) is 0.300. The summed E-state index contributed by atoms with van der Waals surface area (Å²) in [5.41, 5.74) is 0.585. The molecule has 5 nitrogen and oxygen atoms in total. The molecule has 0 radical (unpaired) electrons. The number of hydrogen-bond acceptors (Lipinski definition) is 4. The number of carbonyl (C=O) groups is 1. The Kier molecular flexibility index (Phi) is 3.16. The van der Waals surface area contributed by atoms with Crippen LogP contribution in [0.1, 0.15) is 17.2 Å². The maximum Gasteiger partial charge on any atom is 0.337 e. The van der Waals surface area contributed by atoms with Gasteiger partial charge in [-0.2, -0.15) is 0 Å². The van der Waals surface area contributed by atoms with E-state index in [2.05, 4.69) is 0 Å². The number of phenolic OH excluding ortho intramolecular Hbond substituents is 1. The first-order valence-corrected chi connectivity index (χ1v) is 4.26. The zero-order chi connectivity index (χ0) is 11.6. The van der Waals surface area contributed by atoms with Gasteiger partial charge < -0.3 is 20.1 Å². The Morgan fingerprint density at radius 2 is 2.07 bits per heavy atom. The minimum Gasteiger partial charge on any atom is -0.504 e. The number of carboxylic acid groups (broad SMARTS) is 1. The molecule has 82 valence electrons. The molecular formula is C10H12O5. The normalized spacial score (nSPS) is 12.2. The Balaban J connectivity index is 3.30. The van der Waals surface area contributed by atoms with E-state index in [1.807, 2.05) is 0 Å². The van der Waals surface area contributed by atoms with Crippen LogP contribution in [0, 0.1) is 6.92 Å². The van der Waals surface area contributed by atoms with Gasteiger partial charge in [0.15, 0.2) is 17.6 Å². The number of phenols is 1. The molecule has 3 N–H and O–H groups in total. The predicted octanol–water partition coefficient (Wildman–Crippen LogP) is 0.827. The molecule has 0 aliphatic rings. The molecule has 1 rings (SSSR count). The highest BCUT2D eigenvalue weighted by atomic mass is 16.5. The van der Waals surface area contributed by atoms with E-state index < -0.39 is 12.1 Å². The number of aromatic hydroxyl groups is 1. The van der Waals surface area contributed by atoms with Crippen LogP contribution < -0.4 is 4.74 Å². The molecule has 1 atom stereocenters. The molecule has 0 fully saturated rings. The van der Waals surface area contributed by atoms with E-state index in [9.17, 15) is 15.0 Å². The van der Waals surface area contributed by atoms with E-state index in [0.29, 0.717) is 5.56 Å². The van der Waals surface area contributed by atoms with Gasteiger partial charge in [-0.3, -0.25) is 0 Å². The quantitative estimate of drug-likeness (QED) is 0.690. The number of aliphatic carboxylic acids is 1. The molecule has 0 saturated carbocycles. The van der Waals surface area contributed by atoms with Crippen molar-refractivity contribution in [2.24, 2.45) is 0 Å². The Morgan fingerprint density at radius 3 is 2.53 bits per heavy atom. The summed E-state index contributed by atoms with van der Waals surface area (Å²) in [6, 6.07) is 2.92. The molecule has 0 aromatic heterocycles. The molecule has 0 aliphatic heterocycles. The van der Waals surface area contributed by atoms with Crippen LogP contribution in [-0.2, 0) is 4.79 Å². The summed E-state index contributed by atoms with van der Waals surface area (Å²) in [6.45, 7) is 1.65. The average Bonchev–Trinajstić information content (AvgIpc) is 2.20. The maximum atomic E-state index is 10.6. The lowest BCUT2D eigenvalue weighted by Gasteiger charge is -2.13. The topological polar surface area (TPSA) is 87.0 Å². The van der Waals surface area contributed by atoms with Crippen LogP contribution in [0.4, 0.5) is 0 Å². The van der Waals surface area contributed by atoms with Crippen molar-refractivity contribution in [3.63, 3.8) is 0 Å². The lowest BCUT2D eigenvalue weighted by molar-refractivity contribution is -0.147. The largest absolute Gasteiger partial charge is 0.504 e. The van der Waals surface area contributed by atoms with Gasteiger partial charge in [-0.1, -0.05) is 12.1 Å². The first kappa shape index (κ1) is 11.3. The summed E-state index contributed by atoms with van der Waals surface area (Å²) in [4.78, 5) is 10.6. The van der Waals surface area contributed by atoms with Crippen molar-refractivity contribution in [2.45, 2.75) is 13.0 Å². The Hall–Kier alpha value is -1.75. The van der Waals surface area contributed by atoms with Gasteiger partial charge in [0.2, 0.25) is 0 Å². The number of aryl methyl sites for hydroxylation is 1. The SMILES string of the molecule is COc1c(C(O)C(=O)O)ccc(C)c1O. The van der Waals surface area contributed by atoms with Gasteiger partial charge in [0.25, 0.3) is 0 Å². The Bertz CT molecular complexity index is 386. The molecule has 0 heterocycles. The van der Waals surface area contributed by atoms with Gasteiger partial charge in [-0.05, 0) is 12.5 Å². The maximum absolute atomic E-state index is 10.6. The molecule has 5 heteroatoms. The van der Waals surface area contributed by atoms with E-state index in [0.717, 1.165) is 0 Å². The van der Waals surface area contributed by atoms with Crippen molar-refractivity contribution >= 4 is 5.97 Å². The second kappa shape index (κ2) is 4.18. The fourth-order valence-electron chi connectivity index (χ4n) is 1.25. The highest BCUT2D eigenvalue weighted by Crippen LogP contribution is 2.36. The van der Waals surface area contributed by atoms with Crippen molar-refractivity contribution in [3.8, 4) is 11.5 Å². The molecule has 0 saturated heterocycles. The molecule has 15 heavy (non-hydrogen) atoms. The third-order valence-electron chi connectivity index (χ3n) is 2.10. The molecule has 0 aliphatic carbocycles. The number of hydrogen-bond donors (Lipinski definition) is 3. The minimum absolute atomic E-state index is 0.00935. The van der Waals surface area contributed by atoms with Gasteiger partial charge in [0.1, 0.15) is 0 Å². The van der Waals surface area contributed by atoms with E-state index in [1.54, 1.807) is 6.92 Å². The first-order valence-electron chi connectivity index (χ1n) is 4.26. The van der Waals surface area contributed by atoms with Crippen LogP contribution in [0.5, 0.6) is 11.5 Å². The smallest absolute Gasteiger partial charge is 0.337 e. The van der Waals surface area contributed by atoms with Crippen molar-refractivity contribution in [3.05, 3.63) is 23.3 Å². The average molecular weight is 212 g/mol. The standard InChI is InChI=1S/C10H12O5/c1-5-3-4-6(8(12)10(13)14)9(15-2)7(5)11/h3-4,8,11-12H,1-2H3,(H,13,14). The number of carboxylic acids is 1. The Labute approximate surface area is 86.5 Å². The minimum atomic E-state index is -1.70. The van der Waals surface area contributed by atoms with Gasteiger partial charge in [-0.15, -0.1) is 0 Å². The predicted molar refractivity (Wildman–Crippen MR) is 52.0 cm³/mol. The first-order chi connectivity index (χ1) is 6.99. The third kappa shape index (κ3) is 2.02. The highest BCUT2D eigenvalue weighted by Gasteiger charge is 2.23. The summed E-state index contributed by atoms with van der Waals surface area (Å²) < 4.78 is 4.85. The van der Waals surface area contributed by atoms with Crippen LogP contribution in [0.25, 0.3) is 0 Å². The molecule has 1 aromatic rings. The van der Waals surface area contributed by atoms with Gasteiger partial charge >= 0.3 is 5.97 Å². The highest BCUT2D eigenvalue weighted by molar-refractivity contribution is 5.76. The fourth-order valence-corrected chi connectivity index (χ4v) is 1.25. The van der Waals surface area contributed by atoms with Crippen LogP contribution in [0.2, 0.25) is 0 Å². The third-order valence-corrected chi connectivity index (χ3v) is 2.10. The van der Waals surface area contributed by atoms with E-state index in [1.165, 1.54) is 19.2 Å². The molecule has 1 aromatic carbocycles. The molecule has 0 amide bonds. The molecule has 1 unspecified atom stereocenters. The molecular weight excluding hydrogens is 200 g/mol. The van der Waals surface area contributed by atoms with Gasteiger partial charge in [0.05, 0.1) is 7.11 Å². The zero-order valence-electron chi connectivity index (χ0n) is 8.39. The summed E-state index contributed by atoms with van der Waals surface area (Å²) in [5.74, 6) is -1.56. The van der Waals surface area contributed by atoms with Crippen LogP contribution in [-0.4, -0.2) is 28.4 Å². The monoisotopic (exact) mass is 212 g/mol. The lowest BCUT2D eigenvalue weighted by atomic mass is 10.0. The van der Waals surface area contributed by atoms with Crippen LogP contribution >= 0.6 is 0 Å². The summed E-state index contributed by atoms with van der Waals surface area (Å²) >= 11 is 0. The number of benzene rings is 1. The number of aliphatic hydroxyl groups is 1. The Morgan fingerprint density at radius 1 is 1.47 bits per heavy atom. The van der Waals surface area contributed by atoms with Gasteiger partial charge in [-0.25, -0.2) is 4.79 Å². The summed E-state index contributed by atoms with van der Waals surface area (Å²) in [6.07, 6.45) is -1.70. The second-order valence-electron chi connectivity index (χ2n) is 3.09.